The maximum absolute atomic E-state index is 12.5. The van der Waals surface area contributed by atoms with Crippen molar-refractivity contribution in [1.82, 2.24) is 4.90 Å². The topological polar surface area (TPSA) is 46.6 Å². The quantitative estimate of drug-likeness (QED) is 0.788. The van der Waals surface area contributed by atoms with Crippen LogP contribution in [-0.2, 0) is 9.53 Å². The minimum Gasteiger partial charge on any atom is -0.469 e. The Morgan fingerprint density at radius 3 is 2.80 bits per heavy atom. The molecule has 1 aromatic carbocycles. The van der Waals surface area contributed by atoms with E-state index in [1.165, 1.54) is 7.11 Å². The number of carbonyl (C=O) groups is 2. The predicted octanol–water partition coefficient (Wildman–Crippen LogP) is 2.67. The first-order valence-corrected chi connectivity index (χ1v) is 7.04. The molecule has 1 amide bonds. The maximum Gasteiger partial charge on any atom is 0.310 e. The van der Waals surface area contributed by atoms with E-state index in [0.717, 1.165) is 18.4 Å². The fourth-order valence-corrected chi connectivity index (χ4v) is 2.80. The Bertz CT molecular complexity index is 530. The summed E-state index contributed by atoms with van der Waals surface area (Å²) in [6, 6.07) is 5.37. The Balaban J connectivity index is 2.14. The molecule has 1 aliphatic rings. The highest BCUT2D eigenvalue weighted by atomic mass is 35.5. The number of benzene rings is 1. The van der Waals surface area contributed by atoms with Crippen molar-refractivity contribution >= 4 is 23.5 Å². The van der Waals surface area contributed by atoms with Crippen LogP contribution in [0.15, 0.2) is 18.2 Å². The van der Waals surface area contributed by atoms with Crippen LogP contribution in [0.4, 0.5) is 0 Å². The second-order valence-electron chi connectivity index (χ2n) is 5.10. The summed E-state index contributed by atoms with van der Waals surface area (Å²) in [5.41, 5.74) is 1.50. The van der Waals surface area contributed by atoms with Crippen LogP contribution >= 0.6 is 11.6 Å². The van der Waals surface area contributed by atoms with E-state index in [0.29, 0.717) is 23.7 Å². The van der Waals surface area contributed by atoms with Gasteiger partial charge in [-0.3, -0.25) is 9.59 Å². The number of hydrogen-bond acceptors (Lipinski definition) is 3. The Kier molecular flexibility index (Phi) is 4.65. The van der Waals surface area contributed by atoms with Gasteiger partial charge in [-0.05, 0) is 37.5 Å². The smallest absolute Gasteiger partial charge is 0.310 e. The van der Waals surface area contributed by atoms with Gasteiger partial charge >= 0.3 is 5.97 Å². The molecule has 5 heteroatoms. The zero-order valence-electron chi connectivity index (χ0n) is 11.7. The number of piperidine rings is 1. The molecule has 0 N–H and O–H groups in total. The molecule has 0 saturated carbocycles. The fraction of sp³-hybridized carbons (Fsp3) is 0.467. The van der Waals surface area contributed by atoms with E-state index < -0.39 is 0 Å². The van der Waals surface area contributed by atoms with Crippen LogP contribution in [0.25, 0.3) is 0 Å². The minimum atomic E-state index is -0.252. The van der Waals surface area contributed by atoms with Gasteiger partial charge in [0, 0.05) is 13.1 Å². The molecular weight excluding hydrogens is 278 g/mol. The lowest BCUT2D eigenvalue weighted by Gasteiger charge is -2.31. The van der Waals surface area contributed by atoms with Gasteiger partial charge in [0.25, 0.3) is 5.91 Å². The summed E-state index contributed by atoms with van der Waals surface area (Å²) in [7, 11) is 1.37. The average Bonchev–Trinajstić information content (AvgIpc) is 2.46. The van der Waals surface area contributed by atoms with Crippen LogP contribution in [0.3, 0.4) is 0 Å². The monoisotopic (exact) mass is 295 g/mol. The van der Waals surface area contributed by atoms with Gasteiger partial charge in [0.1, 0.15) is 0 Å². The number of amides is 1. The molecule has 1 heterocycles. The Labute approximate surface area is 123 Å². The summed E-state index contributed by atoms with van der Waals surface area (Å²) in [5, 5.41) is 0.454. The number of hydrogen-bond donors (Lipinski definition) is 0. The van der Waals surface area contributed by atoms with E-state index in [1.807, 2.05) is 13.0 Å². The number of esters is 1. The lowest BCUT2D eigenvalue weighted by Crippen LogP contribution is -2.42. The van der Waals surface area contributed by atoms with Crippen LogP contribution in [0.2, 0.25) is 5.02 Å². The van der Waals surface area contributed by atoms with Crippen molar-refractivity contribution in [2.24, 2.45) is 5.92 Å². The first-order valence-electron chi connectivity index (χ1n) is 6.66. The van der Waals surface area contributed by atoms with E-state index in [4.69, 9.17) is 16.3 Å². The molecule has 108 valence electrons. The van der Waals surface area contributed by atoms with Crippen LogP contribution in [0.5, 0.6) is 0 Å². The number of halogens is 1. The molecule has 20 heavy (non-hydrogen) atoms. The zero-order chi connectivity index (χ0) is 14.7. The van der Waals surface area contributed by atoms with E-state index in [-0.39, 0.29) is 17.8 Å². The third-order valence-corrected chi connectivity index (χ3v) is 3.91. The van der Waals surface area contributed by atoms with Crippen LogP contribution in [0, 0.1) is 12.8 Å². The summed E-state index contributed by atoms with van der Waals surface area (Å²) in [6.45, 7) is 2.97. The SMILES string of the molecule is COC(=O)C1CCCN(C(=O)c2ccc(C)cc2Cl)C1. The number of rotatable bonds is 2. The molecule has 1 atom stereocenters. The largest absolute Gasteiger partial charge is 0.469 e. The molecule has 4 nitrogen and oxygen atoms in total. The van der Waals surface area contributed by atoms with Gasteiger partial charge in [-0.25, -0.2) is 0 Å². The predicted molar refractivity (Wildman–Crippen MR) is 76.8 cm³/mol. The highest BCUT2D eigenvalue weighted by Gasteiger charge is 2.30. The second kappa shape index (κ2) is 6.27. The second-order valence-corrected chi connectivity index (χ2v) is 5.50. The summed E-state index contributed by atoms with van der Waals surface area (Å²) in [5.74, 6) is -0.608. The fourth-order valence-electron chi connectivity index (χ4n) is 2.48. The molecule has 0 aliphatic carbocycles. The standard InChI is InChI=1S/C15H18ClNO3/c1-10-5-6-12(13(16)8-10)14(18)17-7-3-4-11(9-17)15(19)20-2/h5-6,8,11H,3-4,7,9H2,1-2H3. The summed E-state index contributed by atoms with van der Waals surface area (Å²) < 4.78 is 4.76. The number of methoxy groups -OCH3 is 1. The summed E-state index contributed by atoms with van der Waals surface area (Å²) in [4.78, 5) is 25.8. The van der Waals surface area contributed by atoms with Gasteiger partial charge in [0.15, 0.2) is 0 Å². The number of carbonyl (C=O) groups excluding carboxylic acids is 2. The minimum absolute atomic E-state index is 0.122. The number of aryl methyl sites for hydroxylation is 1. The molecule has 0 spiro atoms. The van der Waals surface area contributed by atoms with E-state index in [9.17, 15) is 9.59 Å². The third kappa shape index (κ3) is 3.12. The molecule has 1 aliphatic heterocycles. The number of nitrogens with zero attached hydrogens (tertiary/aromatic N) is 1. The summed E-state index contributed by atoms with van der Waals surface area (Å²) in [6.07, 6.45) is 1.56. The molecule has 2 rings (SSSR count). The van der Waals surface area contributed by atoms with E-state index in [1.54, 1.807) is 17.0 Å². The molecule has 1 saturated heterocycles. The van der Waals surface area contributed by atoms with Crippen molar-refractivity contribution in [1.29, 1.82) is 0 Å². The Morgan fingerprint density at radius 2 is 2.15 bits per heavy atom. The molecule has 0 bridgehead atoms. The average molecular weight is 296 g/mol. The number of ether oxygens (including phenoxy) is 1. The van der Waals surface area contributed by atoms with Crippen molar-refractivity contribution in [3.8, 4) is 0 Å². The molecule has 0 aromatic heterocycles. The van der Waals surface area contributed by atoms with Gasteiger partial charge in [-0.1, -0.05) is 17.7 Å². The summed E-state index contributed by atoms with van der Waals surface area (Å²) >= 11 is 6.13. The zero-order valence-corrected chi connectivity index (χ0v) is 12.4. The lowest BCUT2D eigenvalue weighted by atomic mass is 9.97. The Hall–Kier alpha value is -1.55. The van der Waals surface area contributed by atoms with Crippen molar-refractivity contribution < 1.29 is 14.3 Å². The van der Waals surface area contributed by atoms with Gasteiger partial charge in [-0.15, -0.1) is 0 Å². The first-order chi connectivity index (χ1) is 9.52. The normalized spacial score (nSPS) is 18.8. The van der Waals surface area contributed by atoms with Gasteiger partial charge < -0.3 is 9.64 Å². The van der Waals surface area contributed by atoms with Crippen LogP contribution < -0.4 is 0 Å². The van der Waals surface area contributed by atoms with Gasteiger partial charge in [0.05, 0.1) is 23.6 Å². The van der Waals surface area contributed by atoms with Crippen LogP contribution in [-0.4, -0.2) is 37.0 Å². The van der Waals surface area contributed by atoms with Crippen molar-refractivity contribution in [3.05, 3.63) is 34.3 Å². The molecule has 0 radical (unpaired) electrons. The maximum atomic E-state index is 12.5. The molecule has 1 unspecified atom stereocenters. The highest BCUT2D eigenvalue weighted by Crippen LogP contribution is 2.23. The molecule has 1 fully saturated rings. The van der Waals surface area contributed by atoms with Gasteiger partial charge in [-0.2, -0.15) is 0 Å². The van der Waals surface area contributed by atoms with E-state index >= 15 is 0 Å². The first kappa shape index (κ1) is 14.9. The lowest BCUT2D eigenvalue weighted by molar-refractivity contribution is -0.146. The van der Waals surface area contributed by atoms with Crippen molar-refractivity contribution in [3.63, 3.8) is 0 Å². The van der Waals surface area contributed by atoms with Crippen molar-refractivity contribution in [2.75, 3.05) is 20.2 Å². The highest BCUT2D eigenvalue weighted by molar-refractivity contribution is 6.33. The molecule has 1 aromatic rings. The van der Waals surface area contributed by atoms with Gasteiger partial charge in [0.2, 0.25) is 0 Å². The van der Waals surface area contributed by atoms with E-state index in [2.05, 4.69) is 0 Å². The third-order valence-electron chi connectivity index (χ3n) is 3.60. The molecular formula is C15H18ClNO3. The number of likely N-dealkylation sites (tertiary alicyclic amines) is 1. The van der Waals surface area contributed by atoms with Crippen LogP contribution in [0.1, 0.15) is 28.8 Å². The Morgan fingerprint density at radius 1 is 1.40 bits per heavy atom. The van der Waals surface area contributed by atoms with Crippen molar-refractivity contribution in [2.45, 2.75) is 19.8 Å².